The first-order chi connectivity index (χ1) is 6.61. The van der Waals surface area contributed by atoms with Crippen molar-refractivity contribution in [2.45, 2.75) is 13.8 Å². The van der Waals surface area contributed by atoms with Gasteiger partial charge in [-0.15, -0.1) is 0 Å². The molecule has 0 bridgehead atoms. The third-order valence-corrected chi connectivity index (χ3v) is 1.28. The van der Waals surface area contributed by atoms with Crippen LogP contribution in [0, 0.1) is 24.1 Å². The van der Waals surface area contributed by atoms with E-state index in [9.17, 15) is 4.79 Å². The van der Waals surface area contributed by atoms with E-state index in [2.05, 4.69) is 4.98 Å². The summed E-state index contributed by atoms with van der Waals surface area (Å²) >= 11 is 0. The van der Waals surface area contributed by atoms with Crippen LogP contribution in [-0.4, -0.2) is 14.3 Å². The number of nitrogen functional groups attached to an aromatic ring is 1. The summed E-state index contributed by atoms with van der Waals surface area (Å²) in [5, 5.41) is 0. The van der Waals surface area contributed by atoms with E-state index in [0.717, 1.165) is 10.4 Å². The monoisotopic (exact) mass is 239 g/mol. The fourth-order valence-electron chi connectivity index (χ4n) is 0.760. The van der Waals surface area contributed by atoms with Gasteiger partial charge in [0.15, 0.2) is 0 Å². The summed E-state index contributed by atoms with van der Waals surface area (Å²) in [6.07, 6.45) is 0. The number of aryl methyl sites for hydroxylation is 2. The summed E-state index contributed by atoms with van der Waals surface area (Å²) in [6.45, 7) is 3.52. The highest BCUT2D eigenvalue weighted by molar-refractivity contribution is 5.06. The quantitative estimate of drug-likeness (QED) is 0.433. The van der Waals surface area contributed by atoms with Gasteiger partial charge in [-0.25, -0.2) is 9.47 Å². The number of halogens is 1. The van der Waals surface area contributed by atoms with Crippen molar-refractivity contribution >= 4 is 0 Å². The molecule has 0 saturated heterocycles. The first kappa shape index (κ1) is 13.8. The second-order valence-corrected chi connectivity index (χ2v) is 3.38. The van der Waals surface area contributed by atoms with Crippen molar-refractivity contribution in [3.63, 3.8) is 0 Å². The fraction of sp³-hybridized carbons (Fsp3) is 0.333. The molecule has 1 aromatic heterocycles. The molecule has 0 spiro atoms. The van der Waals surface area contributed by atoms with Crippen LogP contribution in [0.25, 0.3) is 0 Å². The molecule has 0 atom stereocenters. The Morgan fingerprint density at radius 1 is 1.47 bits per heavy atom. The lowest BCUT2D eigenvalue weighted by Gasteiger charge is -2.03. The Labute approximate surface area is 86.9 Å². The van der Waals surface area contributed by atoms with E-state index < -0.39 is 15.9 Å². The maximum Gasteiger partial charge on any atom is 0.366 e. The summed E-state index contributed by atoms with van der Waals surface area (Å²) in [7, 11) is -4.69. The highest BCUT2D eigenvalue weighted by Gasteiger charge is 1.98. The molecule has 0 radical (unpaired) electrons. The van der Waals surface area contributed by atoms with Gasteiger partial charge in [-0.2, -0.15) is 19.0 Å². The molecule has 0 amide bonds. The molecule has 15 heavy (non-hydrogen) atoms. The van der Waals surface area contributed by atoms with Crippen LogP contribution in [0.2, 0.25) is 0 Å². The van der Waals surface area contributed by atoms with Gasteiger partial charge in [-0.3, -0.25) is 0 Å². The summed E-state index contributed by atoms with van der Waals surface area (Å²) in [5.74, 6) is 5.29. The first-order valence-corrected chi connectivity index (χ1v) is 4.83. The molecular formula is C6H10ClN3O5. The van der Waals surface area contributed by atoms with Crippen LogP contribution in [0.15, 0.2) is 10.9 Å². The van der Waals surface area contributed by atoms with Crippen LogP contribution >= 0.6 is 0 Å². The molecule has 0 aliphatic rings. The minimum Gasteiger partial charge on any atom is -0.335 e. The third kappa shape index (κ3) is 6.82. The Hall–Kier alpha value is -1.19. The van der Waals surface area contributed by atoms with Crippen LogP contribution in [-0.2, 0) is 0 Å². The fourth-order valence-corrected chi connectivity index (χ4v) is 0.760. The molecule has 1 heterocycles. The van der Waals surface area contributed by atoms with Crippen molar-refractivity contribution in [3.8, 4) is 0 Å². The van der Waals surface area contributed by atoms with Gasteiger partial charge < -0.3 is 5.84 Å². The van der Waals surface area contributed by atoms with E-state index in [1.807, 2.05) is 0 Å². The Morgan fingerprint density at radius 3 is 2.20 bits per heavy atom. The molecule has 86 valence electrons. The normalized spacial score (nSPS) is 10.5. The minimum atomic E-state index is -4.69. The van der Waals surface area contributed by atoms with E-state index in [0.29, 0.717) is 5.69 Å². The average molecular weight is 240 g/mol. The van der Waals surface area contributed by atoms with Gasteiger partial charge in [0, 0.05) is 11.4 Å². The van der Waals surface area contributed by atoms with Gasteiger partial charge in [0.25, 0.3) is 0 Å². The van der Waals surface area contributed by atoms with Crippen molar-refractivity contribution in [1.29, 1.82) is 0 Å². The zero-order valence-corrected chi connectivity index (χ0v) is 8.76. The highest BCUT2D eigenvalue weighted by atomic mass is 35.7. The lowest BCUT2D eigenvalue weighted by atomic mass is 10.4. The van der Waals surface area contributed by atoms with E-state index >= 15 is 0 Å². The summed E-state index contributed by atoms with van der Waals surface area (Å²) in [4.78, 5) is 14.4. The molecule has 0 fully saturated rings. The molecule has 9 heteroatoms. The molecule has 0 saturated carbocycles. The molecule has 1 aromatic rings. The van der Waals surface area contributed by atoms with Gasteiger partial charge in [-0.1, -0.05) is 0 Å². The predicted molar refractivity (Wildman–Crippen MR) is 40.3 cm³/mol. The lowest BCUT2D eigenvalue weighted by Crippen LogP contribution is -2.58. The number of hydrogen-bond donors (Lipinski definition) is 2. The topological polar surface area (TPSA) is 150 Å². The van der Waals surface area contributed by atoms with Crippen LogP contribution in [0.4, 0.5) is 0 Å². The maximum atomic E-state index is 10.8. The van der Waals surface area contributed by atoms with Crippen molar-refractivity contribution in [1.82, 2.24) is 9.66 Å². The molecule has 0 aliphatic carbocycles. The van der Waals surface area contributed by atoms with Gasteiger partial charge in [0.05, 0.1) is 14.9 Å². The average Bonchev–Trinajstić information content (AvgIpc) is 1.96. The SMILES string of the molecule is Cc1cc(C)n(N)c(=O)n1.[O-][Cl+3]([O-])([O-])O. The largest absolute Gasteiger partial charge is 0.366 e. The van der Waals surface area contributed by atoms with Crippen LogP contribution in [0.1, 0.15) is 11.4 Å². The maximum absolute atomic E-state index is 10.8. The lowest BCUT2D eigenvalue weighted by molar-refractivity contribution is -1.92. The molecule has 1 rings (SSSR count). The first-order valence-electron chi connectivity index (χ1n) is 3.57. The van der Waals surface area contributed by atoms with Crippen LogP contribution in [0.3, 0.4) is 0 Å². The second kappa shape index (κ2) is 5.05. The zero-order chi connectivity index (χ0) is 12.2. The highest BCUT2D eigenvalue weighted by Crippen LogP contribution is 1.91. The van der Waals surface area contributed by atoms with E-state index in [4.69, 9.17) is 24.5 Å². The Balaban J connectivity index is 0.000000336. The van der Waals surface area contributed by atoms with Gasteiger partial charge in [-0.05, 0) is 19.9 Å². The van der Waals surface area contributed by atoms with Crippen LogP contribution < -0.4 is 25.5 Å². The summed E-state index contributed by atoms with van der Waals surface area (Å²) in [5.41, 5.74) is 1.01. The Bertz CT molecular complexity index is 379. The minimum absolute atomic E-state index is 0.405. The van der Waals surface area contributed by atoms with E-state index in [1.54, 1.807) is 19.9 Å². The molecule has 8 nitrogen and oxygen atoms in total. The van der Waals surface area contributed by atoms with Gasteiger partial charge >= 0.3 is 5.69 Å². The number of rotatable bonds is 0. The second-order valence-electron chi connectivity index (χ2n) is 2.59. The Kier molecular flexibility index (Phi) is 4.65. The molecular weight excluding hydrogens is 230 g/mol. The third-order valence-electron chi connectivity index (χ3n) is 1.28. The van der Waals surface area contributed by atoms with Crippen LogP contribution in [0.5, 0.6) is 0 Å². The summed E-state index contributed by atoms with van der Waals surface area (Å²) < 4.78 is 33.7. The number of hydrogen-bond acceptors (Lipinski definition) is 7. The number of nitrogens with zero attached hydrogens (tertiary/aromatic N) is 2. The van der Waals surface area contributed by atoms with Crippen molar-refractivity contribution in [3.05, 3.63) is 27.9 Å². The molecule has 0 unspecified atom stereocenters. The standard InChI is InChI=1S/C6H9N3O.ClHO4/c1-4-3-5(2)9(7)6(10)8-4;2-1(3,4)5/h3H,7H2,1-2H3;(H,2,3,4,5). The van der Waals surface area contributed by atoms with Gasteiger partial charge in [0.1, 0.15) is 0 Å². The van der Waals surface area contributed by atoms with E-state index in [-0.39, 0.29) is 0 Å². The molecule has 0 aliphatic heterocycles. The summed E-state index contributed by atoms with van der Waals surface area (Å²) in [6, 6.07) is 1.75. The number of nitrogens with two attached hydrogens (primary N) is 1. The smallest absolute Gasteiger partial charge is 0.335 e. The van der Waals surface area contributed by atoms with E-state index in [1.165, 1.54) is 0 Å². The van der Waals surface area contributed by atoms with Crippen molar-refractivity contribution in [2.24, 2.45) is 0 Å². The number of aromatic nitrogens is 2. The van der Waals surface area contributed by atoms with Crippen molar-refractivity contribution in [2.75, 3.05) is 5.84 Å². The van der Waals surface area contributed by atoms with Gasteiger partial charge in [0.2, 0.25) is 0 Å². The molecule has 3 N–H and O–H groups in total. The predicted octanol–water partition coefficient (Wildman–Crippen LogP) is -4.55. The Morgan fingerprint density at radius 2 is 1.87 bits per heavy atom. The molecule has 0 aromatic carbocycles. The zero-order valence-electron chi connectivity index (χ0n) is 8.01. The van der Waals surface area contributed by atoms with Crippen molar-refractivity contribution < 1.29 is 28.9 Å².